The van der Waals surface area contributed by atoms with Crippen molar-refractivity contribution in [3.8, 4) is 6.07 Å². The number of carboxylic acids is 1. The van der Waals surface area contributed by atoms with E-state index in [1.165, 1.54) is 16.7 Å². The van der Waals surface area contributed by atoms with Gasteiger partial charge in [-0.1, -0.05) is 68.4 Å². The van der Waals surface area contributed by atoms with Gasteiger partial charge in [0.1, 0.15) is 6.07 Å². The standard InChI is InChI=1S/C33H30FN3O2/c1-20(2)7-11-22-5-3-4-6-25(22)30(24-14-15-24)31(23-12-8-21(9-13-23)10-18-29(38)39)26-16-17-28-32(27(26)19-35)33(34)37-36-28/h3-6,8-10,12-13,16-18,20,24H,7,11,14-15H2,1-2H3,(H,36,37)(H,38,39)/b18-10+,31-30+. The van der Waals surface area contributed by atoms with Crippen molar-refractivity contribution in [2.45, 2.75) is 39.5 Å². The van der Waals surface area contributed by atoms with Crippen molar-refractivity contribution in [3.05, 3.63) is 106 Å². The lowest BCUT2D eigenvalue weighted by molar-refractivity contribution is -0.131. The Morgan fingerprint density at radius 3 is 2.54 bits per heavy atom. The van der Waals surface area contributed by atoms with Gasteiger partial charge < -0.3 is 5.11 Å². The fourth-order valence-corrected chi connectivity index (χ4v) is 5.16. The predicted octanol–water partition coefficient (Wildman–Crippen LogP) is 7.63. The molecule has 5 rings (SSSR count). The molecular weight excluding hydrogens is 489 g/mol. The average molecular weight is 520 g/mol. The number of allylic oxidation sites excluding steroid dienone is 1. The number of aromatic amines is 1. The fraction of sp³-hybridized carbons (Fsp3) is 0.242. The second-order valence-electron chi connectivity index (χ2n) is 10.5. The molecule has 0 aliphatic heterocycles. The second-order valence-corrected chi connectivity index (χ2v) is 10.5. The number of fused-ring (bicyclic) bond motifs is 1. The van der Waals surface area contributed by atoms with Crippen LogP contribution in [0.1, 0.15) is 66.5 Å². The Morgan fingerprint density at radius 1 is 1.13 bits per heavy atom. The maximum Gasteiger partial charge on any atom is 0.328 e. The smallest absolute Gasteiger partial charge is 0.328 e. The van der Waals surface area contributed by atoms with Crippen LogP contribution in [0.15, 0.2) is 66.7 Å². The van der Waals surface area contributed by atoms with Crippen molar-refractivity contribution in [2.75, 3.05) is 0 Å². The third kappa shape index (κ3) is 5.53. The lowest BCUT2D eigenvalue weighted by atomic mass is 9.82. The number of aromatic nitrogens is 2. The first-order valence-electron chi connectivity index (χ1n) is 13.3. The number of nitrogens with zero attached hydrogens (tertiary/aromatic N) is 2. The van der Waals surface area contributed by atoms with Crippen molar-refractivity contribution in [3.63, 3.8) is 0 Å². The molecule has 3 aromatic carbocycles. The molecule has 6 heteroatoms. The van der Waals surface area contributed by atoms with Crippen LogP contribution in [-0.2, 0) is 11.2 Å². The topological polar surface area (TPSA) is 89.8 Å². The van der Waals surface area contributed by atoms with Gasteiger partial charge in [0.2, 0.25) is 5.95 Å². The van der Waals surface area contributed by atoms with Crippen LogP contribution in [0.25, 0.3) is 28.1 Å². The molecule has 0 radical (unpaired) electrons. The first-order chi connectivity index (χ1) is 18.9. The number of hydrogen-bond donors (Lipinski definition) is 2. The van der Waals surface area contributed by atoms with Gasteiger partial charge in [-0.15, -0.1) is 0 Å². The highest BCUT2D eigenvalue weighted by molar-refractivity contribution is 6.04. The van der Waals surface area contributed by atoms with E-state index < -0.39 is 11.9 Å². The Hall–Kier alpha value is -4.50. The van der Waals surface area contributed by atoms with Gasteiger partial charge in [-0.05, 0) is 83.1 Å². The molecule has 1 heterocycles. The van der Waals surface area contributed by atoms with Crippen LogP contribution in [0, 0.1) is 29.1 Å². The van der Waals surface area contributed by atoms with E-state index in [2.05, 4.69) is 54.4 Å². The molecule has 2 N–H and O–H groups in total. The summed E-state index contributed by atoms with van der Waals surface area (Å²) < 4.78 is 14.8. The highest BCUT2D eigenvalue weighted by Crippen LogP contribution is 2.49. The number of nitriles is 1. The van der Waals surface area contributed by atoms with Crippen molar-refractivity contribution < 1.29 is 14.3 Å². The summed E-state index contributed by atoms with van der Waals surface area (Å²) in [5, 5.41) is 25.9. The Kier molecular flexibility index (Phi) is 7.42. The minimum atomic E-state index is -1.01. The average Bonchev–Trinajstić information content (AvgIpc) is 3.71. The van der Waals surface area contributed by atoms with E-state index in [0.29, 0.717) is 22.9 Å². The maximum atomic E-state index is 14.8. The monoisotopic (exact) mass is 519 g/mol. The third-order valence-electron chi connectivity index (χ3n) is 7.23. The molecule has 0 bridgehead atoms. The number of hydrogen-bond acceptors (Lipinski definition) is 3. The normalized spacial score (nSPS) is 14.1. The zero-order valence-corrected chi connectivity index (χ0v) is 22.0. The zero-order chi connectivity index (χ0) is 27.5. The largest absolute Gasteiger partial charge is 0.478 e. The van der Waals surface area contributed by atoms with Crippen LogP contribution in [0.2, 0.25) is 0 Å². The van der Waals surface area contributed by atoms with Gasteiger partial charge in [0.05, 0.1) is 16.5 Å². The number of H-pyrrole nitrogens is 1. The summed E-state index contributed by atoms with van der Waals surface area (Å²) in [6, 6.07) is 22.0. The second kappa shape index (κ2) is 11.1. The first kappa shape index (κ1) is 26.1. The van der Waals surface area contributed by atoms with Gasteiger partial charge in [0.15, 0.2) is 0 Å². The van der Waals surface area contributed by atoms with Gasteiger partial charge in [-0.25, -0.2) is 4.79 Å². The summed E-state index contributed by atoms with van der Waals surface area (Å²) in [4.78, 5) is 11.0. The highest BCUT2D eigenvalue weighted by atomic mass is 19.1. The molecule has 196 valence electrons. The van der Waals surface area contributed by atoms with Crippen LogP contribution in [0.3, 0.4) is 0 Å². The summed E-state index contributed by atoms with van der Waals surface area (Å²) in [5.41, 5.74) is 7.48. The molecule has 1 saturated carbocycles. The number of halogens is 1. The van der Waals surface area contributed by atoms with Crippen LogP contribution in [0.4, 0.5) is 4.39 Å². The molecule has 0 unspecified atom stereocenters. The van der Waals surface area contributed by atoms with Crippen molar-refractivity contribution >= 4 is 34.1 Å². The van der Waals surface area contributed by atoms with Crippen molar-refractivity contribution in [1.29, 1.82) is 5.26 Å². The van der Waals surface area contributed by atoms with Gasteiger partial charge in [0.25, 0.3) is 0 Å². The van der Waals surface area contributed by atoms with Gasteiger partial charge in [-0.2, -0.15) is 14.8 Å². The fourth-order valence-electron chi connectivity index (χ4n) is 5.16. The molecule has 4 aromatic rings. The molecule has 1 aliphatic carbocycles. The lowest BCUT2D eigenvalue weighted by Gasteiger charge is -2.21. The van der Waals surface area contributed by atoms with E-state index in [4.69, 9.17) is 5.11 Å². The Labute approximate surface area is 227 Å². The molecule has 1 aromatic heterocycles. The van der Waals surface area contributed by atoms with Crippen LogP contribution < -0.4 is 0 Å². The molecule has 1 aliphatic rings. The molecule has 0 amide bonds. The van der Waals surface area contributed by atoms with Crippen LogP contribution >= 0.6 is 0 Å². The number of carbonyl (C=O) groups is 1. The van der Waals surface area contributed by atoms with E-state index in [1.807, 2.05) is 30.3 Å². The zero-order valence-electron chi connectivity index (χ0n) is 22.0. The van der Waals surface area contributed by atoms with E-state index in [1.54, 1.807) is 12.1 Å². The predicted molar refractivity (Wildman–Crippen MR) is 152 cm³/mol. The van der Waals surface area contributed by atoms with Crippen molar-refractivity contribution in [2.24, 2.45) is 11.8 Å². The number of benzene rings is 3. The molecule has 1 fully saturated rings. The van der Waals surface area contributed by atoms with Crippen LogP contribution in [0.5, 0.6) is 0 Å². The first-order valence-corrected chi connectivity index (χ1v) is 13.3. The van der Waals surface area contributed by atoms with E-state index in [-0.39, 0.29) is 10.9 Å². The number of rotatable bonds is 9. The SMILES string of the molecule is CC(C)CCc1ccccc1/C(=C(\c1ccc(/C=C/C(=O)O)cc1)c1ccc2n[nH]c(F)c2c1C#N)C1CC1. The molecule has 5 nitrogen and oxygen atoms in total. The third-order valence-corrected chi connectivity index (χ3v) is 7.23. The highest BCUT2D eigenvalue weighted by Gasteiger charge is 2.33. The Balaban J connectivity index is 1.80. The lowest BCUT2D eigenvalue weighted by Crippen LogP contribution is -2.04. The van der Waals surface area contributed by atoms with E-state index in [9.17, 15) is 14.4 Å². The minimum Gasteiger partial charge on any atom is -0.478 e. The summed E-state index contributed by atoms with van der Waals surface area (Å²) in [6.07, 6.45) is 6.74. The van der Waals surface area contributed by atoms with Gasteiger partial charge >= 0.3 is 5.97 Å². The quantitative estimate of drug-likeness (QED) is 0.176. The van der Waals surface area contributed by atoms with Crippen molar-refractivity contribution in [1.82, 2.24) is 10.2 Å². The number of aryl methyl sites for hydroxylation is 1. The molecule has 0 spiro atoms. The van der Waals surface area contributed by atoms with Gasteiger partial charge in [0, 0.05) is 11.6 Å². The molecule has 39 heavy (non-hydrogen) atoms. The molecule has 0 atom stereocenters. The van der Waals surface area contributed by atoms with E-state index in [0.717, 1.165) is 48.5 Å². The minimum absolute atomic E-state index is 0.191. The molecular formula is C33H30FN3O2. The number of aliphatic carboxylic acids is 1. The van der Waals surface area contributed by atoms with E-state index >= 15 is 0 Å². The number of carboxylic acid groups (broad SMARTS) is 1. The maximum absolute atomic E-state index is 14.8. The van der Waals surface area contributed by atoms with Crippen LogP contribution in [-0.4, -0.2) is 21.3 Å². The van der Waals surface area contributed by atoms with Gasteiger partial charge in [-0.3, -0.25) is 5.10 Å². The molecule has 0 saturated heterocycles. The summed E-state index contributed by atoms with van der Waals surface area (Å²) in [7, 11) is 0. The Bertz CT molecular complexity index is 1630. The summed E-state index contributed by atoms with van der Waals surface area (Å²) >= 11 is 0. The summed E-state index contributed by atoms with van der Waals surface area (Å²) in [6.45, 7) is 4.44. The Morgan fingerprint density at radius 2 is 1.87 bits per heavy atom. The summed E-state index contributed by atoms with van der Waals surface area (Å²) in [5.74, 6) is -0.748. The number of nitrogens with one attached hydrogen (secondary N) is 1.